The fourth-order valence-corrected chi connectivity index (χ4v) is 4.07. The Bertz CT molecular complexity index is 526. The van der Waals surface area contributed by atoms with Gasteiger partial charge in [0.2, 0.25) is 0 Å². The lowest BCUT2D eigenvalue weighted by Gasteiger charge is -2.35. The summed E-state index contributed by atoms with van der Waals surface area (Å²) in [4.78, 5) is 9.43. The molecule has 2 aliphatic rings. The summed E-state index contributed by atoms with van der Waals surface area (Å²) in [7, 11) is 4.15. The maximum atomic E-state index is 4.52. The lowest BCUT2D eigenvalue weighted by atomic mass is 9.90. The largest absolute Gasteiger partial charge is 0.355 e. The molecule has 1 unspecified atom stereocenters. The number of guanidine groups is 1. The number of nitrogens with one attached hydrogen (secondary N) is 1. The summed E-state index contributed by atoms with van der Waals surface area (Å²) in [5.41, 5.74) is 1.47. The maximum Gasteiger partial charge on any atom is 0.193 e. The van der Waals surface area contributed by atoms with Crippen molar-refractivity contribution in [2.75, 3.05) is 40.3 Å². The van der Waals surface area contributed by atoms with E-state index in [0.29, 0.717) is 6.04 Å². The van der Waals surface area contributed by atoms with Gasteiger partial charge in [0.1, 0.15) is 0 Å². The summed E-state index contributed by atoms with van der Waals surface area (Å²) in [5.74, 6) is 1.90. The quantitative estimate of drug-likeness (QED) is 0.429. The van der Waals surface area contributed by atoms with E-state index in [0.717, 1.165) is 31.5 Å². The van der Waals surface area contributed by atoms with Crippen molar-refractivity contribution in [3.05, 3.63) is 35.9 Å². The second-order valence-electron chi connectivity index (χ2n) is 7.32. The maximum absolute atomic E-state index is 4.52. The molecule has 1 N–H and O–H groups in total. The van der Waals surface area contributed by atoms with Crippen LogP contribution < -0.4 is 5.32 Å². The Morgan fingerprint density at radius 1 is 1.12 bits per heavy atom. The number of likely N-dealkylation sites (tertiary alicyclic amines) is 2. The van der Waals surface area contributed by atoms with E-state index < -0.39 is 0 Å². The van der Waals surface area contributed by atoms with E-state index >= 15 is 0 Å². The predicted molar refractivity (Wildman–Crippen MR) is 117 cm³/mol. The molecular formula is C20H33IN4. The molecule has 25 heavy (non-hydrogen) atoms. The molecule has 140 valence electrons. The molecule has 0 spiro atoms. The third kappa shape index (κ3) is 5.84. The Labute approximate surface area is 170 Å². The van der Waals surface area contributed by atoms with Gasteiger partial charge in [0.05, 0.1) is 0 Å². The van der Waals surface area contributed by atoms with Crippen molar-refractivity contribution in [1.29, 1.82) is 0 Å². The summed E-state index contributed by atoms with van der Waals surface area (Å²) in [5, 5.41) is 3.61. The molecule has 2 fully saturated rings. The van der Waals surface area contributed by atoms with E-state index in [1.165, 1.54) is 44.2 Å². The van der Waals surface area contributed by atoms with Gasteiger partial charge in [-0.1, -0.05) is 30.3 Å². The zero-order valence-electron chi connectivity index (χ0n) is 15.7. The molecule has 5 heteroatoms. The van der Waals surface area contributed by atoms with E-state index in [9.17, 15) is 0 Å². The first kappa shape index (κ1) is 20.5. The van der Waals surface area contributed by atoms with Gasteiger partial charge in [0.15, 0.2) is 5.96 Å². The molecule has 3 rings (SSSR count). The molecule has 2 heterocycles. The van der Waals surface area contributed by atoms with Crippen LogP contribution in [0.25, 0.3) is 0 Å². The number of rotatable bonds is 4. The van der Waals surface area contributed by atoms with Crippen LogP contribution in [0.15, 0.2) is 35.3 Å². The molecule has 0 saturated carbocycles. The molecule has 1 aromatic carbocycles. The van der Waals surface area contributed by atoms with Crippen LogP contribution in [-0.2, 0) is 6.42 Å². The van der Waals surface area contributed by atoms with Crippen molar-refractivity contribution < 1.29 is 0 Å². The van der Waals surface area contributed by atoms with Gasteiger partial charge in [0.25, 0.3) is 0 Å². The summed E-state index contributed by atoms with van der Waals surface area (Å²) in [6, 6.07) is 11.6. The second kappa shape index (κ2) is 10.4. The lowest BCUT2D eigenvalue weighted by Crippen LogP contribution is -2.48. The molecule has 4 nitrogen and oxygen atoms in total. The SMILES string of the molecule is CN=C(NCC1CCCN1C)N1CCC(Cc2ccccc2)CC1.I. The van der Waals surface area contributed by atoms with Crippen LogP contribution in [0.2, 0.25) is 0 Å². The Kier molecular flexibility index (Phi) is 8.49. The predicted octanol–water partition coefficient (Wildman–Crippen LogP) is 3.23. The first-order chi connectivity index (χ1) is 11.8. The lowest BCUT2D eigenvalue weighted by molar-refractivity contribution is 0.254. The molecule has 2 saturated heterocycles. The Morgan fingerprint density at radius 2 is 1.84 bits per heavy atom. The Balaban J connectivity index is 0.00000225. The van der Waals surface area contributed by atoms with Crippen molar-refractivity contribution in [2.24, 2.45) is 10.9 Å². The smallest absolute Gasteiger partial charge is 0.193 e. The second-order valence-corrected chi connectivity index (χ2v) is 7.32. The van der Waals surface area contributed by atoms with Gasteiger partial charge in [-0.05, 0) is 57.2 Å². The number of piperidine rings is 1. The fourth-order valence-electron chi connectivity index (χ4n) is 4.07. The number of nitrogens with zero attached hydrogens (tertiary/aromatic N) is 3. The van der Waals surface area contributed by atoms with Gasteiger partial charge in [-0.3, -0.25) is 4.99 Å². The van der Waals surface area contributed by atoms with E-state index in [1.807, 2.05) is 7.05 Å². The zero-order chi connectivity index (χ0) is 16.8. The molecule has 1 atom stereocenters. The van der Waals surface area contributed by atoms with Crippen molar-refractivity contribution in [2.45, 2.75) is 38.1 Å². The number of halogens is 1. The van der Waals surface area contributed by atoms with Gasteiger partial charge in [-0.25, -0.2) is 0 Å². The third-order valence-electron chi connectivity index (χ3n) is 5.66. The highest BCUT2D eigenvalue weighted by Gasteiger charge is 2.24. The number of hydrogen-bond donors (Lipinski definition) is 1. The number of hydrogen-bond acceptors (Lipinski definition) is 2. The van der Waals surface area contributed by atoms with Gasteiger partial charge in [0, 0.05) is 32.7 Å². The highest BCUT2D eigenvalue weighted by atomic mass is 127. The highest BCUT2D eigenvalue weighted by molar-refractivity contribution is 14.0. The topological polar surface area (TPSA) is 30.9 Å². The molecule has 0 bridgehead atoms. The summed E-state index contributed by atoms with van der Waals surface area (Å²) >= 11 is 0. The molecule has 0 aliphatic carbocycles. The van der Waals surface area contributed by atoms with Crippen LogP contribution in [0.1, 0.15) is 31.2 Å². The van der Waals surface area contributed by atoms with Crippen molar-refractivity contribution >= 4 is 29.9 Å². The standard InChI is InChI=1S/C20H32N4.HI/c1-21-20(22-16-19-9-6-12-23(19)2)24-13-10-18(11-14-24)15-17-7-4-3-5-8-17;/h3-5,7-8,18-19H,6,9-16H2,1-2H3,(H,21,22);1H. The summed E-state index contributed by atoms with van der Waals surface area (Å²) in [6.45, 7) is 4.50. The average Bonchev–Trinajstić information content (AvgIpc) is 3.03. The minimum absolute atomic E-state index is 0. The van der Waals surface area contributed by atoms with E-state index in [4.69, 9.17) is 0 Å². The minimum atomic E-state index is 0. The number of likely N-dealkylation sites (N-methyl/N-ethyl adjacent to an activating group) is 1. The van der Waals surface area contributed by atoms with Crippen LogP contribution in [0.5, 0.6) is 0 Å². The molecule has 2 aliphatic heterocycles. The monoisotopic (exact) mass is 456 g/mol. The van der Waals surface area contributed by atoms with Crippen molar-refractivity contribution in [3.8, 4) is 0 Å². The molecule has 0 amide bonds. The first-order valence-electron chi connectivity index (χ1n) is 9.46. The van der Waals surface area contributed by atoms with Gasteiger partial charge in [-0.15, -0.1) is 24.0 Å². The fraction of sp³-hybridized carbons (Fsp3) is 0.650. The van der Waals surface area contributed by atoms with Crippen LogP contribution in [-0.4, -0.2) is 62.1 Å². The van der Waals surface area contributed by atoms with E-state index in [-0.39, 0.29) is 24.0 Å². The average molecular weight is 456 g/mol. The van der Waals surface area contributed by atoms with Gasteiger partial charge < -0.3 is 15.1 Å². The van der Waals surface area contributed by atoms with E-state index in [2.05, 4.69) is 57.5 Å². The number of aliphatic imine (C=N–C) groups is 1. The zero-order valence-corrected chi connectivity index (χ0v) is 18.0. The van der Waals surface area contributed by atoms with Crippen LogP contribution in [0.3, 0.4) is 0 Å². The van der Waals surface area contributed by atoms with Gasteiger partial charge in [-0.2, -0.15) is 0 Å². The number of benzene rings is 1. The molecule has 0 radical (unpaired) electrons. The van der Waals surface area contributed by atoms with Gasteiger partial charge >= 0.3 is 0 Å². The summed E-state index contributed by atoms with van der Waals surface area (Å²) < 4.78 is 0. The van der Waals surface area contributed by atoms with Crippen LogP contribution in [0.4, 0.5) is 0 Å². The molecular weight excluding hydrogens is 423 g/mol. The Hall–Kier alpha value is -0.820. The highest BCUT2D eigenvalue weighted by Crippen LogP contribution is 2.22. The van der Waals surface area contributed by atoms with E-state index in [1.54, 1.807) is 0 Å². The Morgan fingerprint density at radius 3 is 2.44 bits per heavy atom. The van der Waals surface area contributed by atoms with Crippen molar-refractivity contribution in [1.82, 2.24) is 15.1 Å². The molecule has 0 aromatic heterocycles. The minimum Gasteiger partial charge on any atom is -0.355 e. The normalized spacial score (nSPS) is 22.7. The van der Waals surface area contributed by atoms with Crippen LogP contribution in [0, 0.1) is 5.92 Å². The van der Waals surface area contributed by atoms with Crippen LogP contribution >= 0.6 is 24.0 Å². The molecule has 1 aromatic rings. The summed E-state index contributed by atoms with van der Waals surface area (Å²) in [6.07, 6.45) is 6.37. The first-order valence-corrected chi connectivity index (χ1v) is 9.46. The van der Waals surface area contributed by atoms with Crippen molar-refractivity contribution in [3.63, 3.8) is 0 Å². The third-order valence-corrected chi connectivity index (χ3v) is 5.66.